The van der Waals surface area contributed by atoms with E-state index in [1.807, 2.05) is 30.3 Å². The van der Waals surface area contributed by atoms with Crippen LogP contribution in [0.25, 0.3) is 22.8 Å². The van der Waals surface area contributed by atoms with E-state index in [1.54, 1.807) is 11.7 Å². The van der Waals surface area contributed by atoms with Crippen molar-refractivity contribution in [3.8, 4) is 22.8 Å². The van der Waals surface area contributed by atoms with Crippen LogP contribution in [0.1, 0.15) is 0 Å². The highest BCUT2D eigenvalue weighted by atomic mass is 35.5. The molecule has 3 aromatic rings. The fraction of sp³-hybridized carbons (Fsp3) is 0.0833. The molecule has 0 aliphatic heterocycles. The van der Waals surface area contributed by atoms with Crippen LogP contribution in [0.3, 0.4) is 0 Å². The molecule has 0 atom stereocenters. The molecule has 0 fully saturated rings. The van der Waals surface area contributed by atoms with Gasteiger partial charge < -0.3 is 4.42 Å². The second-order valence-electron chi connectivity index (χ2n) is 3.92. The first-order chi connectivity index (χ1) is 9.16. The van der Waals surface area contributed by atoms with Crippen molar-refractivity contribution in [3.63, 3.8) is 0 Å². The van der Waals surface area contributed by atoms with Gasteiger partial charge in [-0.15, -0.1) is 5.10 Å². The van der Waals surface area contributed by atoms with E-state index in [0.717, 1.165) is 5.56 Å². The van der Waals surface area contributed by atoms with Crippen LogP contribution in [0, 0.1) is 4.84 Å². The number of nitrogens with one attached hydrogen (secondary N) is 1. The van der Waals surface area contributed by atoms with Crippen LogP contribution < -0.4 is 0 Å². The van der Waals surface area contributed by atoms with Crippen LogP contribution in [-0.4, -0.2) is 20.0 Å². The summed E-state index contributed by atoms with van der Waals surface area (Å²) in [5, 5.41) is 11.4. The summed E-state index contributed by atoms with van der Waals surface area (Å²) in [5.74, 6) is 0.326. The minimum Gasteiger partial charge on any atom is -0.408 e. The quantitative estimate of drug-likeness (QED) is 0.735. The molecule has 0 spiro atoms. The van der Waals surface area contributed by atoms with Gasteiger partial charge in [0.1, 0.15) is 11.4 Å². The summed E-state index contributed by atoms with van der Waals surface area (Å²) in [6.07, 6.45) is 0. The predicted octanol–water partition coefficient (Wildman–Crippen LogP) is 3.45. The van der Waals surface area contributed by atoms with E-state index in [2.05, 4.69) is 15.3 Å². The third kappa shape index (κ3) is 2.09. The van der Waals surface area contributed by atoms with Crippen molar-refractivity contribution in [2.24, 2.45) is 7.05 Å². The number of halogens is 1. The largest absolute Gasteiger partial charge is 0.408 e. The minimum atomic E-state index is 0.202. The second kappa shape index (κ2) is 4.64. The molecule has 19 heavy (non-hydrogen) atoms. The Bertz CT molecular complexity index is 775. The van der Waals surface area contributed by atoms with Crippen LogP contribution in [0.4, 0.5) is 0 Å². The Morgan fingerprint density at radius 1 is 1.32 bits per heavy atom. The summed E-state index contributed by atoms with van der Waals surface area (Å²) in [6, 6.07) is 9.69. The van der Waals surface area contributed by atoms with Gasteiger partial charge in [-0.1, -0.05) is 41.9 Å². The van der Waals surface area contributed by atoms with Gasteiger partial charge in [0.25, 0.3) is 10.7 Å². The monoisotopic (exact) mass is 292 g/mol. The van der Waals surface area contributed by atoms with Crippen LogP contribution in [-0.2, 0) is 7.05 Å². The van der Waals surface area contributed by atoms with E-state index in [9.17, 15) is 0 Å². The van der Waals surface area contributed by atoms with Gasteiger partial charge in [0.15, 0.2) is 0 Å². The molecule has 0 unspecified atom stereocenters. The van der Waals surface area contributed by atoms with Crippen molar-refractivity contribution in [2.45, 2.75) is 0 Å². The number of aryl methyl sites for hydroxylation is 1. The third-order valence-corrected chi connectivity index (χ3v) is 3.21. The lowest BCUT2D eigenvalue weighted by Gasteiger charge is -1.96. The molecule has 2 heterocycles. The zero-order chi connectivity index (χ0) is 13.4. The molecular formula is C12H9ClN4OS. The van der Waals surface area contributed by atoms with Gasteiger partial charge >= 0.3 is 0 Å². The van der Waals surface area contributed by atoms with E-state index in [0.29, 0.717) is 22.3 Å². The lowest BCUT2D eigenvalue weighted by molar-refractivity contribution is 0.544. The van der Waals surface area contributed by atoms with E-state index >= 15 is 0 Å². The molecule has 1 aromatic carbocycles. The number of benzene rings is 1. The van der Waals surface area contributed by atoms with Crippen LogP contribution >= 0.6 is 23.8 Å². The number of aromatic amines is 1. The van der Waals surface area contributed by atoms with Gasteiger partial charge in [0, 0.05) is 12.6 Å². The summed E-state index contributed by atoms with van der Waals surface area (Å²) >= 11 is 11.2. The summed E-state index contributed by atoms with van der Waals surface area (Å²) < 4.78 is 6.91. The molecule has 0 saturated carbocycles. The highest BCUT2D eigenvalue weighted by Crippen LogP contribution is 2.34. The predicted molar refractivity (Wildman–Crippen MR) is 74.3 cm³/mol. The molecule has 3 rings (SSSR count). The number of aromatic nitrogens is 4. The molecule has 1 N–H and O–H groups in total. The van der Waals surface area contributed by atoms with Gasteiger partial charge in [-0.25, -0.2) is 5.10 Å². The van der Waals surface area contributed by atoms with E-state index in [-0.39, 0.29) is 4.84 Å². The Kier molecular flexibility index (Phi) is 2.96. The van der Waals surface area contributed by atoms with Crippen LogP contribution in [0.5, 0.6) is 0 Å². The zero-order valence-corrected chi connectivity index (χ0v) is 11.5. The van der Waals surface area contributed by atoms with Gasteiger partial charge in [-0.05, 0) is 12.2 Å². The fourth-order valence-electron chi connectivity index (χ4n) is 1.84. The molecule has 7 heteroatoms. The van der Waals surface area contributed by atoms with Crippen molar-refractivity contribution in [1.82, 2.24) is 20.0 Å². The first-order valence-corrected chi connectivity index (χ1v) is 6.29. The van der Waals surface area contributed by atoms with Gasteiger partial charge in [-0.2, -0.15) is 5.10 Å². The molecule has 96 valence electrons. The second-order valence-corrected chi connectivity index (χ2v) is 4.67. The Morgan fingerprint density at radius 3 is 2.68 bits per heavy atom. The summed E-state index contributed by atoms with van der Waals surface area (Å²) in [4.78, 5) is 0.202. The van der Waals surface area contributed by atoms with Gasteiger partial charge in [-0.3, -0.25) is 4.68 Å². The molecule has 0 bridgehead atoms. The summed E-state index contributed by atoms with van der Waals surface area (Å²) in [6.45, 7) is 0. The summed E-state index contributed by atoms with van der Waals surface area (Å²) in [7, 11) is 1.78. The molecule has 0 amide bonds. The average Bonchev–Trinajstić information content (AvgIpc) is 2.95. The molecule has 0 aliphatic carbocycles. The van der Waals surface area contributed by atoms with Gasteiger partial charge in [0.2, 0.25) is 0 Å². The standard InChI is InChI=1S/C12H9ClN4OS/c1-17-10(11-14-15-12(19)18-11)8(13)9(16-17)7-5-3-2-4-6-7/h2-6H,1H3,(H,15,19). The number of nitrogens with zero attached hydrogens (tertiary/aromatic N) is 3. The maximum absolute atomic E-state index is 6.38. The SMILES string of the molecule is Cn1nc(-c2ccccc2)c(Cl)c1-c1n[nH]c(=S)o1. The Morgan fingerprint density at radius 2 is 2.05 bits per heavy atom. The summed E-state index contributed by atoms with van der Waals surface area (Å²) in [5.41, 5.74) is 2.21. The fourth-order valence-corrected chi connectivity index (χ4v) is 2.32. The molecule has 0 aliphatic rings. The Hall–Kier alpha value is -1.92. The highest BCUT2D eigenvalue weighted by molar-refractivity contribution is 7.71. The van der Waals surface area contributed by atoms with Crippen molar-refractivity contribution >= 4 is 23.8 Å². The molecule has 0 saturated heterocycles. The highest BCUT2D eigenvalue weighted by Gasteiger charge is 2.20. The van der Waals surface area contributed by atoms with Crippen molar-refractivity contribution in [1.29, 1.82) is 0 Å². The van der Waals surface area contributed by atoms with E-state index in [4.69, 9.17) is 28.2 Å². The third-order valence-electron chi connectivity index (χ3n) is 2.68. The first kappa shape index (κ1) is 12.1. The minimum absolute atomic E-state index is 0.202. The molecule has 0 radical (unpaired) electrons. The molecule has 5 nitrogen and oxygen atoms in total. The number of H-pyrrole nitrogens is 1. The maximum atomic E-state index is 6.38. The van der Waals surface area contributed by atoms with E-state index in [1.165, 1.54) is 0 Å². The van der Waals surface area contributed by atoms with Crippen molar-refractivity contribution < 1.29 is 4.42 Å². The zero-order valence-electron chi connectivity index (χ0n) is 9.92. The van der Waals surface area contributed by atoms with Gasteiger partial charge in [0.05, 0.1) is 5.02 Å². The Labute approximate surface area is 118 Å². The molecular weight excluding hydrogens is 284 g/mol. The Balaban J connectivity index is 2.19. The van der Waals surface area contributed by atoms with Crippen LogP contribution in [0.15, 0.2) is 34.7 Å². The molecule has 2 aromatic heterocycles. The van der Waals surface area contributed by atoms with Crippen molar-refractivity contribution in [3.05, 3.63) is 40.2 Å². The first-order valence-electron chi connectivity index (χ1n) is 5.50. The average molecular weight is 293 g/mol. The van der Waals surface area contributed by atoms with Crippen molar-refractivity contribution in [2.75, 3.05) is 0 Å². The number of hydrogen-bond acceptors (Lipinski definition) is 4. The normalized spacial score (nSPS) is 10.8. The topological polar surface area (TPSA) is 59.6 Å². The lowest BCUT2D eigenvalue weighted by Crippen LogP contribution is -1.94. The number of hydrogen-bond donors (Lipinski definition) is 1. The smallest absolute Gasteiger partial charge is 0.284 e. The van der Waals surface area contributed by atoms with E-state index < -0.39 is 0 Å². The van der Waals surface area contributed by atoms with Crippen LogP contribution in [0.2, 0.25) is 5.02 Å². The number of rotatable bonds is 2. The maximum Gasteiger partial charge on any atom is 0.284 e. The lowest BCUT2D eigenvalue weighted by atomic mass is 10.1.